The largest absolute Gasteiger partial charge is 0.385 e. The van der Waals surface area contributed by atoms with Crippen LogP contribution in [0.5, 0.6) is 0 Å². The van der Waals surface area contributed by atoms with Gasteiger partial charge < -0.3 is 15.0 Å². The van der Waals surface area contributed by atoms with Gasteiger partial charge >= 0.3 is 0 Å². The number of ether oxygens (including phenoxy) is 1. The van der Waals surface area contributed by atoms with E-state index in [4.69, 9.17) is 4.74 Å². The summed E-state index contributed by atoms with van der Waals surface area (Å²) in [5, 5.41) is 12.6. The van der Waals surface area contributed by atoms with Crippen molar-refractivity contribution in [1.82, 2.24) is 20.4 Å². The lowest BCUT2D eigenvalue weighted by molar-refractivity contribution is -0.131. The van der Waals surface area contributed by atoms with Crippen molar-refractivity contribution in [2.75, 3.05) is 27.3 Å². The SMILES string of the molecule is COCCC(C)(C)C(=O)NC(C)CN(C)C(=O)c1nncc2ccccc12. The number of likely N-dealkylation sites (N-methyl/N-ethyl adjacent to an activating group) is 1. The Kier molecular flexibility index (Phi) is 6.85. The van der Waals surface area contributed by atoms with Crippen LogP contribution in [-0.2, 0) is 9.53 Å². The first kappa shape index (κ1) is 20.8. The van der Waals surface area contributed by atoms with Crippen LogP contribution in [0.25, 0.3) is 10.8 Å². The quantitative estimate of drug-likeness (QED) is 0.768. The number of nitrogens with one attached hydrogen (secondary N) is 1. The van der Waals surface area contributed by atoms with Crippen LogP contribution in [-0.4, -0.2) is 60.3 Å². The molecule has 146 valence electrons. The number of aromatic nitrogens is 2. The normalized spacial score (nSPS) is 12.6. The molecule has 0 aliphatic heterocycles. The Hall–Kier alpha value is -2.54. The average molecular weight is 372 g/mol. The molecule has 0 saturated carbocycles. The summed E-state index contributed by atoms with van der Waals surface area (Å²) in [4.78, 5) is 26.9. The predicted octanol–water partition coefficient (Wildman–Crippen LogP) is 2.27. The average Bonchev–Trinajstić information content (AvgIpc) is 2.65. The van der Waals surface area contributed by atoms with Crippen molar-refractivity contribution in [3.8, 4) is 0 Å². The molecular formula is C20H28N4O3. The molecule has 1 heterocycles. The Morgan fingerprint density at radius 2 is 2.00 bits per heavy atom. The van der Waals surface area contributed by atoms with Gasteiger partial charge in [-0.3, -0.25) is 9.59 Å². The zero-order valence-electron chi connectivity index (χ0n) is 16.7. The molecular weight excluding hydrogens is 344 g/mol. The molecule has 0 saturated heterocycles. The van der Waals surface area contributed by atoms with Gasteiger partial charge in [-0.1, -0.05) is 38.1 Å². The smallest absolute Gasteiger partial charge is 0.274 e. The van der Waals surface area contributed by atoms with Crippen molar-refractivity contribution in [3.63, 3.8) is 0 Å². The topological polar surface area (TPSA) is 84.4 Å². The summed E-state index contributed by atoms with van der Waals surface area (Å²) in [5.41, 5.74) is -0.219. The summed E-state index contributed by atoms with van der Waals surface area (Å²) in [6, 6.07) is 7.31. The zero-order chi connectivity index (χ0) is 20.0. The van der Waals surface area contributed by atoms with Crippen LogP contribution in [0.4, 0.5) is 0 Å². The second kappa shape index (κ2) is 8.90. The van der Waals surface area contributed by atoms with Gasteiger partial charge in [0.25, 0.3) is 5.91 Å². The minimum atomic E-state index is -0.534. The van der Waals surface area contributed by atoms with E-state index in [0.717, 1.165) is 10.8 Å². The number of hydrogen-bond donors (Lipinski definition) is 1. The molecule has 7 nitrogen and oxygen atoms in total. The van der Waals surface area contributed by atoms with Crippen LogP contribution in [0.1, 0.15) is 37.7 Å². The van der Waals surface area contributed by atoms with Crippen molar-refractivity contribution in [1.29, 1.82) is 0 Å². The van der Waals surface area contributed by atoms with Crippen molar-refractivity contribution >= 4 is 22.6 Å². The highest BCUT2D eigenvalue weighted by Crippen LogP contribution is 2.21. The molecule has 0 bridgehead atoms. The first-order valence-corrected chi connectivity index (χ1v) is 9.02. The second-order valence-corrected chi connectivity index (χ2v) is 7.47. The fourth-order valence-corrected chi connectivity index (χ4v) is 2.80. The van der Waals surface area contributed by atoms with E-state index < -0.39 is 5.41 Å². The standard InChI is InChI=1S/C20H28N4O3/c1-14(22-19(26)20(2,3)10-11-27-5)13-24(4)18(25)17-16-9-7-6-8-15(16)12-21-23-17/h6-9,12,14H,10-11,13H2,1-5H3,(H,22,26). The van der Waals surface area contributed by atoms with Crippen molar-refractivity contribution in [2.24, 2.45) is 5.41 Å². The maximum absolute atomic E-state index is 12.8. The van der Waals surface area contributed by atoms with Gasteiger partial charge in [-0.15, -0.1) is 5.10 Å². The summed E-state index contributed by atoms with van der Waals surface area (Å²) in [5.74, 6) is -0.281. The highest BCUT2D eigenvalue weighted by molar-refractivity contribution is 6.04. The van der Waals surface area contributed by atoms with Gasteiger partial charge in [0, 0.05) is 49.5 Å². The number of carbonyl (C=O) groups is 2. The highest BCUT2D eigenvalue weighted by Gasteiger charge is 2.29. The summed E-state index contributed by atoms with van der Waals surface area (Å²) in [6.07, 6.45) is 2.26. The molecule has 1 N–H and O–H groups in total. The minimum Gasteiger partial charge on any atom is -0.385 e. The van der Waals surface area contributed by atoms with E-state index in [1.165, 1.54) is 0 Å². The highest BCUT2D eigenvalue weighted by atomic mass is 16.5. The summed E-state index contributed by atoms with van der Waals surface area (Å²) in [6.45, 7) is 6.54. The van der Waals surface area contributed by atoms with E-state index in [-0.39, 0.29) is 17.9 Å². The second-order valence-electron chi connectivity index (χ2n) is 7.47. The molecule has 1 unspecified atom stereocenters. The lowest BCUT2D eigenvalue weighted by atomic mass is 9.88. The first-order valence-electron chi connectivity index (χ1n) is 9.02. The van der Waals surface area contributed by atoms with Crippen LogP contribution < -0.4 is 5.32 Å². The van der Waals surface area contributed by atoms with Gasteiger partial charge in [-0.25, -0.2) is 0 Å². The molecule has 7 heteroatoms. The minimum absolute atomic E-state index is 0.0575. The monoisotopic (exact) mass is 372 g/mol. The predicted molar refractivity (Wildman–Crippen MR) is 104 cm³/mol. The number of hydrogen-bond acceptors (Lipinski definition) is 5. The van der Waals surface area contributed by atoms with Gasteiger partial charge in [0.1, 0.15) is 0 Å². The van der Waals surface area contributed by atoms with Crippen molar-refractivity contribution < 1.29 is 14.3 Å². The van der Waals surface area contributed by atoms with Crippen LogP contribution in [0.15, 0.2) is 30.5 Å². The number of nitrogens with zero attached hydrogens (tertiary/aromatic N) is 3. The summed E-state index contributed by atoms with van der Waals surface area (Å²) >= 11 is 0. The van der Waals surface area contributed by atoms with E-state index >= 15 is 0 Å². The van der Waals surface area contributed by atoms with Crippen LogP contribution in [0, 0.1) is 5.41 Å². The first-order chi connectivity index (χ1) is 12.8. The Bertz CT molecular complexity index is 801. The molecule has 2 amide bonds. The van der Waals surface area contributed by atoms with Crippen molar-refractivity contribution in [2.45, 2.75) is 33.2 Å². The molecule has 0 aliphatic rings. The number of rotatable bonds is 8. The van der Waals surface area contributed by atoms with E-state index in [1.54, 1.807) is 25.3 Å². The molecule has 0 radical (unpaired) electrons. The maximum atomic E-state index is 12.8. The molecule has 27 heavy (non-hydrogen) atoms. The maximum Gasteiger partial charge on any atom is 0.274 e. The molecule has 1 atom stereocenters. The van der Waals surface area contributed by atoms with Gasteiger partial charge in [-0.05, 0) is 13.3 Å². The van der Waals surface area contributed by atoms with E-state index in [1.807, 2.05) is 45.0 Å². The van der Waals surface area contributed by atoms with Crippen LogP contribution >= 0.6 is 0 Å². The molecule has 1 aromatic carbocycles. The Labute approximate surface area is 160 Å². The lowest BCUT2D eigenvalue weighted by Crippen LogP contribution is -2.47. The zero-order valence-corrected chi connectivity index (χ0v) is 16.7. The number of carbonyl (C=O) groups excluding carboxylic acids is 2. The third-order valence-corrected chi connectivity index (χ3v) is 4.59. The lowest BCUT2D eigenvalue weighted by Gasteiger charge is -2.28. The summed E-state index contributed by atoms with van der Waals surface area (Å²) < 4.78 is 5.07. The van der Waals surface area contributed by atoms with Gasteiger partial charge in [-0.2, -0.15) is 5.10 Å². The van der Waals surface area contributed by atoms with Gasteiger partial charge in [0.2, 0.25) is 5.91 Å². The van der Waals surface area contributed by atoms with Gasteiger partial charge in [0.15, 0.2) is 5.69 Å². The van der Waals surface area contributed by atoms with E-state index in [0.29, 0.717) is 25.3 Å². The van der Waals surface area contributed by atoms with E-state index in [2.05, 4.69) is 15.5 Å². The molecule has 1 aromatic heterocycles. The Balaban J connectivity index is 2.02. The van der Waals surface area contributed by atoms with Crippen molar-refractivity contribution in [3.05, 3.63) is 36.2 Å². The van der Waals surface area contributed by atoms with Crippen LogP contribution in [0.2, 0.25) is 0 Å². The number of methoxy groups -OCH3 is 1. The molecule has 0 aliphatic carbocycles. The molecule has 0 fully saturated rings. The number of amides is 2. The number of benzene rings is 1. The fourth-order valence-electron chi connectivity index (χ4n) is 2.80. The molecule has 2 rings (SSSR count). The third kappa shape index (κ3) is 5.23. The number of fused-ring (bicyclic) bond motifs is 1. The third-order valence-electron chi connectivity index (χ3n) is 4.59. The molecule has 0 spiro atoms. The Morgan fingerprint density at radius 3 is 2.70 bits per heavy atom. The van der Waals surface area contributed by atoms with Crippen LogP contribution in [0.3, 0.4) is 0 Å². The molecule has 2 aromatic rings. The fraction of sp³-hybridized carbons (Fsp3) is 0.500. The Morgan fingerprint density at radius 1 is 1.30 bits per heavy atom. The van der Waals surface area contributed by atoms with E-state index in [9.17, 15) is 9.59 Å². The summed E-state index contributed by atoms with van der Waals surface area (Å²) in [7, 11) is 3.32. The van der Waals surface area contributed by atoms with Gasteiger partial charge in [0.05, 0.1) is 6.20 Å².